The van der Waals surface area contributed by atoms with Crippen molar-refractivity contribution in [1.29, 1.82) is 0 Å². The van der Waals surface area contributed by atoms with E-state index in [1.807, 2.05) is 0 Å². The van der Waals surface area contributed by atoms with Crippen LogP contribution in [-0.4, -0.2) is 12.3 Å². The van der Waals surface area contributed by atoms with Crippen molar-refractivity contribution in [2.45, 2.75) is 160 Å². The summed E-state index contributed by atoms with van der Waals surface area (Å²) in [5.41, 5.74) is 25.2. The molecule has 72 heavy (non-hydrogen) atoms. The van der Waals surface area contributed by atoms with Gasteiger partial charge in [0, 0.05) is 67.8 Å². The number of anilines is 8. The summed E-state index contributed by atoms with van der Waals surface area (Å²) in [6, 6.07) is 50.2. The summed E-state index contributed by atoms with van der Waals surface area (Å²) in [4.78, 5) is 8.05. The van der Waals surface area contributed by atoms with Crippen LogP contribution in [0.4, 0.5) is 45.5 Å². The Balaban J connectivity index is 1.05. The van der Waals surface area contributed by atoms with Crippen molar-refractivity contribution in [3.63, 3.8) is 0 Å². The minimum absolute atomic E-state index is 0.0316. The average molecular weight is 944 g/mol. The summed E-state index contributed by atoms with van der Waals surface area (Å²) >= 11 is 0. The van der Waals surface area contributed by atoms with Gasteiger partial charge in [-0.1, -0.05) is 130 Å². The number of fused-ring (bicyclic) bond motifs is 12. The molecule has 0 spiro atoms. The molecule has 1 aromatic heterocycles. The molecule has 14 rings (SSSR count). The first-order chi connectivity index (χ1) is 34.3. The van der Waals surface area contributed by atoms with Gasteiger partial charge in [-0.2, -0.15) is 0 Å². The fourth-order valence-electron chi connectivity index (χ4n) is 15.6. The van der Waals surface area contributed by atoms with Gasteiger partial charge in [0.15, 0.2) is 0 Å². The topological polar surface area (TPSA) is 22.9 Å². The van der Waals surface area contributed by atoms with Gasteiger partial charge in [-0.3, -0.25) is 0 Å². The lowest BCUT2D eigenvalue weighted by molar-refractivity contribution is 0.195. The normalized spacial score (nSPS) is 23.2. The van der Waals surface area contributed by atoms with Crippen LogP contribution in [0.1, 0.15) is 154 Å². The van der Waals surface area contributed by atoms with E-state index < -0.39 is 0 Å². The fraction of sp³-hybridized carbons (Fsp3) is 0.373. The third-order valence-electron chi connectivity index (χ3n) is 20.2. The zero-order chi connectivity index (χ0) is 49.6. The van der Waals surface area contributed by atoms with E-state index in [9.17, 15) is 0 Å². The van der Waals surface area contributed by atoms with E-state index in [-0.39, 0.29) is 39.3 Å². The van der Waals surface area contributed by atoms with Crippen LogP contribution in [0.3, 0.4) is 0 Å². The highest BCUT2D eigenvalue weighted by Gasteiger charge is 2.61. The lowest BCUT2D eigenvalue weighted by Crippen LogP contribution is -2.64. The molecule has 0 saturated heterocycles. The third kappa shape index (κ3) is 5.88. The first kappa shape index (κ1) is 44.5. The van der Waals surface area contributed by atoms with Crippen molar-refractivity contribution in [2.24, 2.45) is 0 Å². The predicted molar refractivity (Wildman–Crippen MR) is 306 cm³/mol. The molecule has 5 heteroatoms. The molecular formula is C67H70BN3O. The van der Waals surface area contributed by atoms with Gasteiger partial charge in [0.2, 0.25) is 0 Å². The van der Waals surface area contributed by atoms with Crippen molar-refractivity contribution in [2.75, 3.05) is 14.7 Å². The average Bonchev–Trinajstić information content (AvgIpc) is 3.83. The van der Waals surface area contributed by atoms with Crippen LogP contribution in [0.2, 0.25) is 0 Å². The monoisotopic (exact) mass is 944 g/mol. The Kier molecular flexibility index (Phi) is 8.97. The lowest BCUT2D eigenvalue weighted by atomic mass is 9.33. The zero-order valence-electron chi connectivity index (χ0n) is 44.6. The van der Waals surface area contributed by atoms with E-state index in [1.54, 1.807) is 0 Å². The molecule has 4 heterocycles. The van der Waals surface area contributed by atoms with E-state index >= 15 is 0 Å². The van der Waals surface area contributed by atoms with Crippen LogP contribution in [0.25, 0.3) is 21.9 Å². The molecule has 0 amide bonds. The standard InChI is InChI=1S/C67H70BN3O/c1-41-35-56-60-57(36-41)71-61-50(66(10)29-14-15-30-67(66,71)11)18-16-19-54(61)68(60)53-28-24-44(39-55(53)70(56)45-21-25-47-46-17-12-13-20-58(46)72-59(47)40-45)69(42-22-26-48-51(37-42)64(6,7)33-31-62(48,2)3)43-23-27-49-52(38-43)65(8,9)34-32-63(49,4)5/h12-13,16-28,35-40H,14-15,29-34H2,1-11H3. The molecule has 0 bridgehead atoms. The molecule has 8 aromatic rings. The minimum atomic E-state index is -0.0316. The van der Waals surface area contributed by atoms with Crippen LogP contribution in [0.15, 0.2) is 132 Å². The van der Waals surface area contributed by atoms with Crippen molar-refractivity contribution < 1.29 is 4.42 Å². The van der Waals surface area contributed by atoms with E-state index in [2.05, 4.69) is 218 Å². The smallest absolute Gasteiger partial charge is 0.252 e. The summed E-state index contributed by atoms with van der Waals surface area (Å²) in [6.45, 7) is 27.2. The first-order valence-corrected chi connectivity index (χ1v) is 27.3. The number of benzene rings is 7. The van der Waals surface area contributed by atoms with Crippen molar-refractivity contribution >= 4 is 90.5 Å². The SMILES string of the molecule is Cc1cc2c3c(c1)N1c4c(cccc4C4(C)CCCCC14C)B3c1ccc(N(c3ccc4c(c3)C(C)(C)CCC4(C)C)c3ccc4c(c3)C(C)(C)CCC4(C)C)cc1N2c1ccc2c(c1)oc1ccccc12. The minimum Gasteiger partial charge on any atom is -0.456 e. The van der Waals surface area contributed by atoms with Crippen LogP contribution in [-0.2, 0) is 27.1 Å². The first-order valence-electron chi connectivity index (χ1n) is 27.3. The highest BCUT2D eigenvalue weighted by Crippen LogP contribution is 2.62. The molecular weight excluding hydrogens is 874 g/mol. The van der Waals surface area contributed by atoms with Gasteiger partial charge in [0.05, 0.1) is 5.54 Å². The zero-order valence-corrected chi connectivity index (χ0v) is 44.6. The Hall–Kier alpha value is -6.20. The summed E-state index contributed by atoms with van der Waals surface area (Å²) < 4.78 is 6.72. The lowest BCUT2D eigenvalue weighted by Gasteiger charge is -2.52. The van der Waals surface area contributed by atoms with Crippen LogP contribution >= 0.6 is 0 Å². The van der Waals surface area contributed by atoms with Crippen molar-refractivity contribution in [3.8, 4) is 0 Å². The third-order valence-corrected chi connectivity index (χ3v) is 20.2. The molecule has 4 nitrogen and oxygen atoms in total. The van der Waals surface area contributed by atoms with Gasteiger partial charge in [0.25, 0.3) is 6.71 Å². The van der Waals surface area contributed by atoms with Crippen molar-refractivity contribution in [1.82, 2.24) is 0 Å². The molecule has 7 aromatic carbocycles. The molecule has 6 aliphatic rings. The van der Waals surface area contributed by atoms with Gasteiger partial charge in [0.1, 0.15) is 11.2 Å². The summed E-state index contributed by atoms with van der Waals surface area (Å²) in [6.07, 6.45) is 9.65. The molecule has 3 aliphatic heterocycles. The fourth-order valence-corrected chi connectivity index (χ4v) is 15.6. The number of furan rings is 1. The quantitative estimate of drug-likeness (QED) is 0.164. The van der Waals surface area contributed by atoms with Crippen LogP contribution in [0, 0.1) is 6.92 Å². The Bertz CT molecular complexity index is 3570. The molecule has 1 fully saturated rings. The molecule has 1 saturated carbocycles. The number of nitrogens with zero attached hydrogens (tertiary/aromatic N) is 3. The highest BCUT2D eigenvalue weighted by atomic mass is 16.3. The second-order valence-corrected chi connectivity index (χ2v) is 26.2. The number of rotatable bonds is 4. The number of para-hydroxylation sites is 2. The highest BCUT2D eigenvalue weighted by molar-refractivity contribution is 7.00. The summed E-state index contributed by atoms with van der Waals surface area (Å²) in [7, 11) is 0. The van der Waals surface area contributed by atoms with Gasteiger partial charge in [-0.15, -0.1) is 0 Å². The molecule has 3 aliphatic carbocycles. The van der Waals surface area contributed by atoms with Crippen LogP contribution in [0.5, 0.6) is 0 Å². The largest absolute Gasteiger partial charge is 0.456 e. The second kappa shape index (κ2) is 14.5. The molecule has 2 unspecified atom stereocenters. The number of hydrogen-bond acceptors (Lipinski definition) is 4. The van der Waals surface area contributed by atoms with Gasteiger partial charge in [-0.05, 0) is 191 Å². The second-order valence-electron chi connectivity index (χ2n) is 26.2. The van der Waals surface area contributed by atoms with Gasteiger partial charge < -0.3 is 19.1 Å². The summed E-state index contributed by atoms with van der Waals surface area (Å²) in [5, 5.41) is 2.30. The van der Waals surface area contributed by atoms with E-state index in [0.29, 0.717) is 0 Å². The number of hydrogen-bond donors (Lipinski definition) is 0. The molecule has 0 N–H and O–H groups in total. The maximum absolute atomic E-state index is 6.72. The van der Waals surface area contributed by atoms with Crippen molar-refractivity contribution in [3.05, 3.63) is 161 Å². The molecule has 362 valence electrons. The van der Waals surface area contributed by atoms with E-state index in [4.69, 9.17) is 4.42 Å². The molecule has 0 radical (unpaired) electrons. The predicted octanol–water partition coefficient (Wildman–Crippen LogP) is 16.4. The number of aryl methyl sites for hydroxylation is 1. The van der Waals surface area contributed by atoms with E-state index in [0.717, 1.165) is 27.6 Å². The van der Waals surface area contributed by atoms with E-state index in [1.165, 1.54) is 141 Å². The van der Waals surface area contributed by atoms with Gasteiger partial charge >= 0.3 is 0 Å². The molecule has 2 atom stereocenters. The Morgan fingerprint density at radius 1 is 0.472 bits per heavy atom. The maximum atomic E-state index is 6.72. The Labute approximate surface area is 428 Å². The maximum Gasteiger partial charge on any atom is 0.252 e. The van der Waals surface area contributed by atoms with Crippen LogP contribution < -0.4 is 31.1 Å². The Morgan fingerprint density at radius 2 is 1.07 bits per heavy atom. The summed E-state index contributed by atoms with van der Waals surface area (Å²) in [5.74, 6) is 0. The Morgan fingerprint density at radius 3 is 1.76 bits per heavy atom. The van der Waals surface area contributed by atoms with Gasteiger partial charge in [-0.25, -0.2) is 0 Å².